The van der Waals surface area contributed by atoms with Crippen molar-refractivity contribution in [3.8, 4) is 0 Å². The maximum atomic E-state index is 3.75. The fourth-order valence-corrected chi connectivity index (χ4v) is 1.00. The summed E-state index contributed by atoms with van der Waals surface area (Å²) in [6.07, 6.45) is 6.05. The fraction of sp³-hybridized carbons (Fsp3) is 0.400. The first-order valence-corrected chi connectivity index (χ1v) is 4.50. The maximum Gasteiger partial charge on any atom is -0.0303 e. The topological polar surface area (TPSA) is 0 Å². The van der Waals surface area contributed by atoms with Gasteiger partial charge in [-0.3, -0.25) is 0 Å². The summed E-state index contributed by atoms with van der Waals surface area (Å²) in [6.45, 7) is 11.7. The molecule has 0 aromatic carbocycles. The average Bonchev–Trinajstić information content (AvgIpc) is 1.91. The normalized spacial score (nSPS) is 10.8. The van der Waals surface area contributed by atoms with Gasteiger partial charge in [-0.1, -0.05) is 44.2 Å². The molecule has 0 aliphatic heterocycles. The lowest BCUT2D eigenvalue weighted by atomic mass is 10.3. The molecular formula is C10H19P. The zero-order chi connectivity index (χ0) is 9.28. The Bertz CT molecular complexity index is 152. The van der Waals surface area contributed by atoms with Crippen molar-refractivity contribution >= 4 is 9.24 Å². The third-order valence-corrected chi connectivity index (χ3v) is 1.13. The fourth-order valence-electron chi connectivity index (χ4n) is 0.525. The van der Waals surface area contributed by atoms with Gasteiger partial charge in [0, 0.05) is 0 Å². The molecule has 11 heavy (non-hydrogen) atoms. The highest BCUT2D eigenvalue weighted by Gasteiger charge is 1.78. The Morgan fingerprint density at radius 3 is 2.09 bits per heavy atom. The summed E-state index contributed by atoms with van der Waals surface area (Å²) < 4.78 is 0. The van der Waals surface area contributed by atoms with Crippen LogP contribution in [0.15, 0.2) is 35.7 Å². The lowest BCUT2D eigenvalue weighted by Crippen LogP contribution is -1.64. The summed E-state index contributed by atoms with van der Waals surface area (Å²) in [4.78, 5) is 0. The predicted octanol–water partition coefficient (Wildman–Crippen LogP) is 3.92. The van der Waals surface area contributed by atoms with Crippen molar-refractivity contribution in [1.82, 2.24) is 0 Å². The van der Waals surface area contributed by atoms with Gasteiger partial charge in [-0.25, -0.2) is 0 Å². The van der Waals surface area contributed by atoms with Crippen LogP contribution in [0.3, 0.4) is 0 Å². The van der Waals surface area contributed by atoms with Gasteiger partial charge in [0.15, 0.2) is 0 Å². The van der Waals surface area contributed by atoms with Crippen LogP contribution < -0.4 is 0 Å². The minimum atomic E-state index is 1.08. The van der Waals surface area contributed by atoms with Gasteiger partial charge in [0.25, 0.3) is 0 Å². The van der Waals surface area contributed by atoms with Gasteiger partial charge in [0.1, 0.15) is 0 Å². The van der Waals surface area contributed by atoms with Crippen LogP contribution in [0.1, 0.15) is 27.7 Å². The number of hydrogen-bond acceptors (Lipinski definition) is 0. The molecule has 0 heterocycles. The molecule has 0 saturated heterocycles. The van der Waals surface area contributed by atoms with E-state index in [1.54, 1.807) is 0 Å². The minimum absolute atomic E-state index is 1.08. The van der Waals surface area contributed by atoms with Gasteiger partial charge in [0.05, 0.1) is 0 Å². The second-order valence-corrected chi connectivity index (χ2v) is 2.66. The van der Waals surface area contributed by atoms with Gasteiger partial charge in [-0.05, 0) is 19.2 Å². The van der Waals surface area contributed by atoms with Crippen LogP contribution in [0.4, 0.5) is 0 Å². The van der Waals surface area contributed by atoms with E-state index in [-0.39, 0.29) is 0 Å². The molecule has 1 heteroatoms. The van der Waals surface area contributed by atoms with Crippen molar-refractivity contribution in [1.29, 1.82) is 0 Å². The highest BCUT2D eigenvalue weighted by molar-refractivity contribution is 7.22. The molecule has 0 radical (unpaired) electrons. The van der Waals surface area contributed by atoms with Gasteiger partial charge in [-0.15, -0.1) is 9.24 Å². The standard InChI is InChI=1S/C8H13P.C2H6/c1-4-5-8(9)6-7(2)3;1-2/h4-6H,2,9H2,1,3H3;1-2H3/b5-4-,8-6+;. The molecule has 0 nitrogen and oxygen atoms in total. The third-order valence-electron chi connectivity index (χ3n) is 0.772. The van der Waals surface area contributed by atoms with Crippen LogP contribution in [0.2, 0.25) is 0 Å². The van der Waals surface area contributed by atoms with E-state index in [0.717, 1.165) is 5.57 Å². The van der Waals surface area contributed by atoms with Crippen LogP contribution in [-0.2, 0) is 0 Å². The first-order valence-electron chi connectivity index (χ1n) is 3.92. The molecule has 1 atom stereocenters. The Morgan fingerprint density at radius 1 is 1.36 bits per heavy atom. The predicted molar refractivity (Wildman–Crippen MR) is 58.8 cm³/mol. The van der Waals surface area contributed by atoms with E-state index in [0.29, 0.717) is 0 Å². The van der Waals surface area contributed by atoms with Gasteiger partial charge >= 0.3 is 0 Å². The van der Waals surface area contributed by atoms with Crippen LogP contribution in [0, 0.1) is 0 Å². The molecule has 0 bridgehead atoms. The number of allylic oxidation sites excluding steroid dienone is 5. The summed E-state index contributed by atoms with van der Waals surface area (Å²) in [5, 5.41) is 1.17. The molecular weight excluding hydrogens is 151 g/mol. The van der Waals surface area contributed by atoms with Gasteiger partial charge in [0.2, 0.25) is 0 Å². The summed E-state index contributed by atoms with van der Waals surface area (Å²) in [7, 11) is 2.64. The number of hydrogen-bond donors (Lipinski definition) is 0. The lowest BCUT2D eigenvalue weighted by molar-refractivity contribution is 1.50. The third kappa shape index (κ3) is 12.8. The van der Waals surface area contributed by atoms with E-state index in [4.69, 9.17) is 0 Å². The molecule has 0 amide bonds. The SMILES string of the molecule is C=C(C)/C=C(P)\C=C/C.CC. The quantitative estimate of drug-likeness (QED) is 0.435. The largest absolute Gasteiger partial charge is 0.106 e. The first-order chi connectivity index (χ1) is 5.16. The highest BCUT2D eigenvalue weighted by Crippen LogP contribution is 2.09. The van der Waals surface area contributed by atoms with Crippen molar-refractivity contribution < 1.29 is 0 Å². The minimum Gasteiger partial charge on any atom is -0.106 e. The molecule has 1 unspecified atom stereocenters. The molecule has 0 saturated carbocycles. The Morgan fingerprint density at radius 2 is 1.82 bits per heavy atom. The molecule has 0 fully saturated rings. The van der Waals surface area contributed by atoms with Gasteiger partial charge < -0.3 is 0 Å². The molecule has 0 rings (SSSR count). The molecule has 0 aliphatic carbocycles. The first kappa shape index (κ1) is 13.3. The summed E-state index contributed by atoms with van der Waals surface area (Å²) in [5.74, 6) is 0. The highest BCUT2D eigenvalue weighted by atomic mass is 31.0. The Labute approximate surface area is 73.3 Å². The Kier molecular flexibility index (Phi) is 11.6. The van der Waals surface area contributed by atoms with Crippen molar-refractivity contribution in [3.63, 3.8) is 0 Å². The van der Waals surface area contributed by atoms with E-state index < -0.39 is 0 Å². The van der Waals surface area contributed by atoms with Gasteiger partial charge in [-0.2, -0.15) is 0 Å². The molecule has 0 aliphatic rings. The van der Waals surface area contributed by atoms with Crippen LogP contribution in [-0.4, -0.2) is 0 Å². The van der Waals surface area contributed by atoms with E-state index in [9.17, 15) is 0 Å². The second kappa shape index (κ2) is 9.65. The molecule has 0 N–H and O–H groups in total. The maximum absolute atomic E-state index is 3.75. The number of rotatable bonds is 2. The zero-order valence-corrected chi connectivity index (χ0v) is 9.17. The summed E-state index contributed by atoms with van der Waals surface area (Å²) in [5.41, 5.74) is 1.08. The van der Waals surface area contributed by atoms with E-state index in [1.165, 1.54) is 5.31 Å². The van der Waals surface area contributed by atoms with E-state index in [2.05, 4.69) is 15.8 Å². The van der Waals surface area contributed by atoms with Crippen molar-refractivity contribution in [2.75, 3.05) is 0 Å². The van der Waals surface area contributed by atoms with E-state index in [1.807, 2.05) is 45.9 Å². The lowest BCUT2D eigenvalue weighted by Gasteiger charge is -1.89. The molecule has 0 spiro atoms. The summed E-state index contributed by atoms with van der Waals surface area (Å²) >= 11 is 0. The van der Waals surface area contributed by atoms with Crippen LogP contribution in [0.25, 0.3) is 0 Å². The van der Waals surface area contributed by atoms with E-state index >= 15 is 0 Å². The van der Waals surface area contributed by atoms with Crippen molar-refractivity contribution in [2.24, 2.45) is 0 Å². The average molecular weight is 170 g/mol. The Balaban J connectivity index is 0. The van der Waals surface area contributed by atoms with Crippen molar-refractivity contribution in [3.05, 3.63) is 35.7 Å². The molecule has 64 valence electrons. The molecule has 0 aromatic heterocycles. The molecule has 0 aromatic rings. The van der Waals surface area contributed by atoms with Crippen molar-refractivity contribution in [2.45, 2.75) is 27.7 Å². The van der Waals surface area contributed by atoms with Crippen LogP contribution in [0.5, 0.6) is 0 Å². The van der Waals surface area contributed by atoms with Crippen LogP contribution >= 0.6 is 9.24 Å². The zero-order valence-electron chi connectivity index (χ0n) is 8.02. The smallest absolute Gasteiger partial charge is 0.0303 e. The monoisotopic (exact) mass is 170 g/mol. The Hall–Kier alpha value is -0.350. The summed E-state index contributed by atoms with van der Waals surface area (Å²) in [6, 6.07) is 0. The second-order valence-electron chi connectivity index (χ2n) is 1.99.